The number of carbonyl (C=O) groups excluding carboxylic acids is 3. The molecule has 0 unspecified atom stereocenters. The number of aromatic carboxylic acids is 1. The fraction of sp³-hybridized carbons (Fsp3) is 0.0345. The topological polar surface area (TPSA) is 156 Å². The van der Waals surface area contributed by atoms with Crippen LogP contribution in [0.15, 0.2) is 90.5 Å². The number of carboxylic acids is 1. The van der Waals surface area contributed by atoms with E-state index >= 15 is 0 Å². The van der Waals surface area contributed by atoms with Gasteiger partial charge in [-0.3, -0.25) is 25.0 Å². The molecule has 1 aliphatic heterocycles. The van der Waals surface area contributed by atoms with Crippen molar-refractivity contribution in [3.05, 3.63) is 117 Å². The first kappa shape index (κ1) is 25.8. The molecule has 0 bridgehead atoms. The molecule has 1 fully saturated rings. The minimum Gasteiger partial charge on any atom is -0.488 e. The predicted octanol–water partition coefficient (Wildman–Crippen LogP) is 4.69. The third kappa shape index (κ3) is 4.98. The standard InChI is InChI=1S/C29H19N3O8/c33-26-24(27(34)31(29(37)30-26)20-12-7-19(8-13-20)28(35)36)15-23-22-4-2-1-3-18(22)9-14-25(23)40-16-17-5-10-21(11-6-17)32(38)39/h1-15H,16H2,(H,35,36)(H,30,33,37)/b24-15+. The fourth-order valence-electron chi connectivity index (χ4n) is 4.21. The molecule has 1 saturated heterocycles. The summed E-state index contributed by atoms with van der Waals surface area (Å²) in [6, 6.07) is 20.7. The summed E-state index contributed by atoms with van der Waals surface area (Å²) >= 11 is 0. The zero-order valence-electron chi connectivity index (χ0n) is 20.6. The first-order chi connectivity index (χ1) is 19.2. The molecule has 0 atom stereocenters. The van der Waals surface area contributed by atoms with Crippen molar-refractivity contribution in [1.82, 2.24) is 5.32 Å². The van der Waals surface area contributed by atoms with E-state index in [2.05, 4.69) is 5.32 Å². The van der Waals surface area contributed by atoms with Gasteiger partial charge in [0, 0.05) is 17.7 Å². The summed E-state index contributed by atoms with van der Waals surface area (Å²) in [6.45, 7) is 0.0488. The van der Waals surface area contributed by atoms with E-state index in [1.807, 2.05) is 18.2 Å². The number of nitro benzene ring substituents is 1. The second-order valence-electron chi connectivity index (χ2n) is 8.72. The molecule has 0 aromatic heterocycles. The fourth-order valence-corrected chi connectivity index (χ4v) is 4.21. The van der Waals surface area contributed by atoms with Gasteiger partial charge in [-0.15, -0.1) is 0 Å². The van der Waals surface area contributed by atoms with Gasteiger partial charge < -0.3 is 9.84 Å². The zero-order chi connectivity index (χ0) is 28.4. The lowest BCUT2D eigenvalue weighted by molar-refractivity contribution is -0.384. The summed E-state index contributed by atoms with van der Waals surface area (Å²) in [5.41, 5.74) is 0.723. The van der Waals surface area contributed by atoms with Crippen molar-refractivity contribution in [3.63, 3.8) is 0 Å². The summed E-state index contributed by atoms with van der Waals surface area (Å²) in [5, 5.41) is 23.7. The highest BCUT2D eigenvalue weighted by Crippen LogP contribution is 2.32. The number of nitrogens with zero attached hydrogens (tertiary/aromatic N) is 2. The number of urea groups is 1. The quantitative estimate of drug-likeness (QED) is 0.149. The van der Waals surface area contributed by atoms with Crippen LogP contribution in [0.1, 0.15) is 21.5 Å². The number of imide groups is 2. The molecule has 11 nitrogen and oxygen atoms in total. The summed E-state index contributed by atoms with van der Waals surface area (Å²) in [5.74, 6) is -2.64. The maximum Gasteiger partial charge on any atom is 0.335 e. The van der Waals surface area contributed by atoms with Gasteiger partial charge in [-0.1, -0.05) is 30.3 Å². The number of hydrogen-bond acceptors (Lipinski definition) is 7. The Kier molecular flexibility index (Phi) is 6.77. The minimum absolute atomic E-state index is 0.0361. The first-order valence-electron chi connectivity index (χ1n) is 11.9. The van der Waals surface area contributed by atoms with Crippen molar-refractivity contribution < 1.29 is 33.9 Å². The normalized spacial score (nSPS) is 14.3. The van der Waals surface area contributed by atoms with Gasteiger partial charge in [-0.2, -0.15) is 0 Å². The molecule has 2 N–H and O–H groups in total. The SMILES string of the molecule is O=C1NC(=O)N(c2ccc(C(=O)O)cc2)C(=O)/C1=C/c1c(OCc2ccc([N+](=O)[O-])cc2)ccc2ccccc12. The molecule has 0 saturated carbocycles. The van der Waals surface area contributed by atoms with E-state index in [4.69, 9.17) is 9.84 Å². The Morgan fingerprint density at radius 2 is 1.65 bits per heavy atom. The number of anilines is 1. The Balaban J connectivity index is 1.53. The molecule has 4 amide bonds. The average Bonchev–Trinajstić information content (AvgIpc) is 2.94. The molecular formula is C29H19N3O8. The lowest BCUT2D eigenvalue weighted by Gasteiger charge is -2.26. The van der Waals surface area contributed by atoms with Crippen molar-refractivity contribution in [2.45, 2.75) is 6.61 Å². The number of barbiturate groups is 1. The number of rotatable bonds is 7. The summed E-state index contributed by atoms with van der Waals surface area (Å²) < 4.78 is 6.02. The van der Waals surface area contributed by atoms with Crippen LogP contribution in [0.5, 0.6) is 5.75 Å². The van der Waals surface area contributed by atoms with Gasteiger partial charge in [0.25, 0.3) is 17.5 Å². The van der Waals surface area contributed by atoms with Crippen LogP contribution in [-0.2, 0) is 16.2 Å². The van der Waals surface area contributed by atoms with Crippen molar-refractivity contribution in [3.8, 4) is 5.75 Å². The van der Waals surface area contributed by atoms with Gasteiger partial charge in [0.1, 0.15) is 17.9 Å². The molecule has 4 aromatic carbocycles. The van der Waals surface area contributed by atoms with Crippen LogP contribution >= 0.6 is 0 Å². The van der Waals surface area contributed by atoms with E-state index in [1.54, 1.807) is 30.3 Å². The number of nitro groups is 1. The number of carbonyl (C=O) groups is 4. The minimum atomic E-state index is -1.17. The maximum absolute atomic E-state index is 13.4. The first-order valence-corrected chi connectivity index (χ1v) is 11.9. The van der Waals surface area contributed by atoms with Gasteiger partial charge in [0.15, 0.2) is 0 Å². The van der Waals surface area contributed by atoms with E-state index in [0.717, 1.165) is 10.3 Å². The third-order valence-corrected chi connectivity index (χ3v) is 6.23. The van der Waals surface area contributed by atoms with Crippen molar-refractivity contribution in [1.29, 1.82) is 0 Å². The zero-order valence-corrected chi connectivity index (χ0v) is 20.6. The maximum atomic E-state index is 13.4. The van der Waals surface area contributed by atoms with Crippen LogP contribution in [0.25, 0.3) is 16.8 Å². The summed E-state index contributed by atoms with van der Waals surface area (Å²) in [6.07, 6.45) is 1.34. The Morgan fingerprint density at radius 1 is 0.950 bits per heavy atom. The van der Waals surface area contributed by atoms with Crippen molar-refractivity contribution >= 4 is 52.0 Å². The largest absolute Gasteiger partial charge is 0.488 e. The lowest BCUT2D eigenvalue weighted by Crippen LogP contribution is -2.54. The van der Waals surface area contributed by atoms with Crippen LogP contribution in [-0.4, -0.2) is 33.8 Å². The monoisotopic (exact) mass is 537 g/mol. The summed E-state index contributed by atoms with van der Waals surface area (Å²) in [4.78, 5) is 61.3. The van der Waals surface area contributed by atoms with Gasteiger partial charge in [-0.05, 0) is 64.9 Å². The molecule has 0 aliphatic carbocycles. The van der Waals surface area contributed by atoms with E-state index in [0.29, 0.717) is 22.3 Å². The molecule has 0 radical (unpaired) electrons. The smallest absolute Gasteiger partial charge is 0.335 e. The number of fused-ring (bicyclic) bond motifs is 1. The van der Waals surface area contributed by atoms with Gasteiger partial charge in [-0.25, -0.2) is 14.5 Å². The van der Waals surface area contributed by atoms with E-state index in [9.17, 15) is 29.3 Å². The number of carboxylic acid groups (broad SMARTS) is 1. The molecule has 1 aliphatic rings. The van der Waals surface area contributed by atoms with Crippen LogP contribution < -0.4 is 15.0 Å². The predicted molar refractivity (Wildman–Crippen MR) is 144 cm³/mol. The second kappa shape index (κ2) is 10.5. The molecule has 40 heavy (non-hydrogen) atoms. The highest BCUT2D eigenvalue weighted by atomic mass is 16.6. The lowest BCUT2D eigenvalue weighted by atomic mass is 9.99. The molecule has 198 valence electrons. The number of ether oxygens (including phenoxy) is 1. The van der Waals surface area contributed by atoms with Gasteiger partial charge in [0.2, 0.25) is 0 Å². The van der Waals surface area contributed by atoms with Crippen molar-refractivity contribution in [2.24, 2.45) is 0 Å². The summed E-state index contributed by atoms with van der Waals surface area (Å²) in [7, 11) is 0. The highest BCUT2D eigenvalue weighted by molar-refractivity contribution is 6.39. The van der Waals surface area contributed by atoms with Gasteiger partial charge >= 0.3 is 12.0 Å². The molecule has 4 aromatic rings. The molecule has 5 rings (SSSR count). The molecule has 11 heteroatoms. The van der Waals surface area contributed by atoms with E-state index in [1.165, 1.54) is 42.5 Å². The van der Waals surface area contributed by atoms with Crippen LogP contribution in [0.2, 0.25) is 0 Å². The van der Waals surface area contributed by atoms with Crippen molar-refractivity contribution in [2.75, 3.05) is 4.90 Å². The van der Waals surface area contributed by atoms with E-state index in [-0.39, 0.29) is 29.1 Å². The molecule has 0 spiro atoms. The highest BCUT2D eigenvalue weighted by Gasteiger charge is 2.37. The Labute approximate surface area is 226 Å². The number of amides is 4. The van der Waals surface area contributed by atoms with Crippen LogP contribution in [0, 0.1) is 10.1 Å². The number of benzene rings is 4. The van der Waals surface area contributed by atoms with Crippen LogP contribution in [0.3, 0.4) is 0 Å². The molecule has 1 heterocycles. The van der Waals surface area contributed by atoms with Gasteiger partial charge in [0.05, 0.1) is 16.2 Å². The van der Waals surface area contributed by atoms with Crippen LogP contribution in [0.4, 0.5) is 16.2 Å². The third-order valence-electron chi connectivity index (χ3n) is 6.23. The van der Waals surface area contributed by atoms with E-state index < -0.39 is 28.7 Å². The number of hydrogen-bond donors (Lipinski definition) is 2. The number of non-ortho nitro benzene ring substituents is 1. The Morgan fingerprint density at radius 3 is 2.33 bits per heavy atom. The average molecular weight is 537 g/mol. The number of nitrogens with one attached hydrogen (secondary N) is 1. The second-order valence-corrected chi connectivity index (χ2v) is 8.72. The molecular weight excluding hydrogens is 518 g/mol. The Hall–Kier alpha value is -5.84. The Bertz CT molecular complexity index is 1730.